The fourth-order valence-corrected chi connectivity index (χ4v) is 7.20. The molecule has 17 heteroatoms. The summed E-state index contributed by atoms with van der Waals surface area (Å²) in [6.07, 6.45) is 0. The molecule has 0 saturated carbocycles. The second-order valence-electron chi connectivity index (χ2n) is 5.97. The topological polar surface area (TPSA) is 139 Å². The summed E-state index contributed by atoms with van der Waals surface area (Å²) in [5, 5.41) is 0. The van der Waals surface area contributed by atoms with Gasteiger partial charge in [-0.3, -0.25) is 0 Å². The van der Waals surface area contributed by atoms with Gasteiger partial charge in [0.15, 0.2) is 0 Å². The summed E-state index contributed by atoms with van der Waals surface area (Å²) in [5.74, 6) is 0. The molecule has 0 aromatic heterocycles. The Labute approximate surface area is 256 Å². The van der Waals surface area contributed by atoms with Crippen molar-refractivity contribution in [1.82, 2.24) is 28.0 Å². The van der Waals surface area contributed by atoms with E-state index in [9.17, 15) is 0 Å². The molecule has 0 atom stereocenters. The molecule has 0 aliphatic carbocycles. The Kier molecular flexibility index (Phi) is 131. The van der Waals surface area contributed by atoms with Crippen LogP contribution in [0.3, 0.4) is 0 Å². The van der Waals surface area contributed by atoms with E-state index < -0.39 is 16.7 Å². The van der Waals surface area contributed by atoms with Gasteiger partial charge in [-0.05, 0) is 0 Å². The second-order valence-corrected chi connectivity index (χ2v) is 12.5. The van der Waals surface area contributed by atoms with Gasteiger partial charge in [-0.15, -0.1) is 0 Å². The molecule has 2 radical (unpaired) electrons. The first-order valence-electron chi connectivity index (χ1n) is 7.93. The molecule has 0 aliphatic heterocycles. The minimum atomic E-state index is -0.596. The molecule has 0 N–H and O–H groups in total. The molecule has 0 amide bonds. The molecule has 0 rings (SSSR count). The van der Waals surface area contributed by atoms with Crippen LogP contribution in [0.2, 0.25) is 0 Å². The molecule has 12 nitrogen and oxygen atoms in total. The number of rotatable bonds is 6. The van der Waals surface area contributed by atoms with Crippen LogP contribution in [0.1, 0.15) is 0 Å². The molecule has 0 aliphatic rings. The van der Waals surface area contributed by atoms with Crippen LogP contribution in [0.15, 0.2) is 0 Å². The van der Waals surface area contributed by atoms with Gasteiger partial charge in [0.25, 0.3) is 0 Å². The van der Waals surface area contributed by atoms with E-state index in [2.05, 4.69) is 152 Å². The largest absolute Gasteiger partial charge is 0 e. The van der Waals surface area contributed by atoms with Crippen LogP contribution in [0, 0.1) is 39.9 Å². The molecule has 0 aromatic rings. The van der Waals surface area contributed by atoms with Crippen molar-refractivity contribution >= 4 is 16.7 Å². The van der Waals surface area contributed by atoms with Gasteiger partial charge in [-0.25, -0.2) is 0 Å². The quantitative estimate of drug-likeness (QED) is 0.170. The van der Waals surface area contributed by atoms with Crippen LogP contribution in [0.5, 0.6) is 0 Å². The number of hydrogen-bond acceptors (Lipinski definition) is 6. The second kappa shape index (κ2) is 64.7. The SMILES string of the molecule is CN(C)[PH+](N(C)C)N(C)C.CN(C)[PH+](N(C)C)N(C)C.[C-]#[O+].[C-]#[O+].[C-]#[O+].[C-]#[O+].[C-]#[O+].[C-]#[O+].[Co].[Co].[Hg]. The molecule has 0 heterocycles. The van der Waals surface area contributed by atoms with E-state index in [0.717, 1.165) is 0 Å². The van der Waals surface area contributed by atoms with Crippen molar-refractivity contribution in [3.8, 4) is 0 Å². The molecule has 35 heavy (non-hydrogen) atoms. The molecular formula is C18H38Co2HgN6O6P2+2. The van der Waals surface area contributed by atoms with Gasteiger partial charge in [0.05, 0.1) is 0 Å². The third-order valence-electron chi connectivity index (χ3n) is 2.40. The van der Waals surface area contributed by atoms with Crippen molar-refractivity contribution in [1.29, 1.82) is 0 Å². The first kappa shape index (κ1) is 70.6. The smallest absolute Gasteiger partial charge is 0 e. The molecule has 0 spiro atoms. The molecule has 0 bridgehead atoms. The maximum absolute atomic E-state index is 7.50. The van der Waals surface area contributed by atoms with Crippen LogP contribution >= 0.6 is 16.7 Å². The minimum Gasteiger partial charge on any atom is 0 e. The summed E-state index contributed by atoms with van der Waals surface area (Å²) >= 11 is 0. The normalized spacial score (nSPS) is 7.54. The van der Waals surface area contributed by atoms with Gasteiger partial charge in [0.1, 0.15) is 0 Å². The average Bonchev–Trinajstić information content (AvgIpc) is 2.75. The first-order valence-corrected chi connectivity index (χ1v) is 10.6. The predicted molar refractivity (Wildman–Crippen MR) is 122 cm³/mol. The van der Waals surface area contributed by atoms with Crippen molar-refractivity contribution in [2.45, 2.75) is 0 Å². The Bertz CT molecular complexity index is 373. The van der Waals surface area contributed by atoms with Crippen molar-refractivity contribution in [3.63, 3.8) is 0 Å². The van der Waals surface area contributed by atoms with Gasteiger partial charge in [-0.1, -0.05) is 0 Å². The Morgan fingerprint density at radius 1 is 0.314 bits per heavy atom. The fourth-order valence-electron chi connectivity index (χ4n) is 2.40. The van der Waals surface area contributed by atoms with Crippen molar-refractivity contribution in [2.75, 3.05) is 84.6 Å². The zero-order valence-corrected chi connectivity index (χ0v) is 32.1. The summed E-state index contributed by atoms with van der Waals surface area (Å²) < 4.78 is 58.6. The average molecular weight is 815 g/mol. The van der Waals surface area contributed by atoms with E-state index in [1.54, 1.807) is 0 Å². The van der Waals surface area contributed by atoms with E-state index in [0.29, 0.717) is 0 Å². The summed E-state index contributed by atoms with van der Waals surface area (Å²) in [7, 11) is 24.2. The van der Waals surface area contributed by atoms with E-state index in [-0.39, 0.29) is 61.2 Å². The zero-order chi connectivity index (χ0) is 28.6. The zero-order valence-electron chi connectivity index (χ0n) is 22.5. The Morgan fingerprint density at radius 3 is 0.371 bits per heavy atom. The first-order chi connectivity index (χ1) is 14.9. The van der Waals surface area contributed by atoms with Gasteiger partial charge < -0.3 is 0 Å². The van der Waals surface area contributed by atoms with E-state index in [4.69, 9.17) is 27.9 Å². The van der Waals surface area contributed by atoms with Crippen molar-refractivity contribution in [2.24, 2.45) is 0 Å². The summed E-state index contributed by atoms with van der Waals surface area (Å²) in [6, 6.07) is 0. The van der Waals surface area contributed by atoms with E-state index in [1.165, 1.54) is 0 Å². The third-order valence-corrected chi connectivity index (χ3v) is 7.20. The van der Waals surface area contributed by atoms with Gasteiger partial charge in [0, 0.05) is 146 Å². The monoisotopic (exact) mass is 816 g/mol. The fraction of sp³-hybridized carbons (Fsp3) is 0.667. The molecule has 0 fully saturated rings. The van der Waals surface area contributed by atoms with Crippen molar-refractivity contribution < 1.29 is 89.1 Å². The maximum Gasteiger partial charge on any atom is 0 e. The van der Waals surface area contributed by atoms with E-state index in [1.807, 2.05) is 0 Å². The van der Waals surface area contributed by atoms with Crippen LogP contribution < -0.4 is 0 Å². The Balaban J connectivity index is -0.0000000240. The van der Waals surface area contributed by atoms with E-state index >= 15 is 0 Å². The summed E-state index contributed by atoms with van der Waals surface area (Å²) in [6.45, 7) is 27.0. The Hall–Kier alpha value is 1.01. The standard InChI is InChI=1S/2C6H18N3P.6CO.2Co.Hg/c2*1-7(2)10(8(3)4)9(5)6;6*1-2;;;/h2*1-6H3;;;;;;;;;/p+2. The molecular weight excluding hydrogens is 777 g/mol. The molecule has 0 saturated heterocycles. The van der Waals surface area contributed by atoms with Crippen LogP contribution in [0.25, 0.3) is 0 Å². The van der Waals surface area contributed by atoms with Crippen LogP contribution in [-0.2, 0) is 89.1 Å². The third kappa shape index (κ3) is 61.0. The molecule has 0 aromatic carbocycles. The summed E-state index contributed by atoms with van der Waals surface area (Å²) in [4.78, 5) is 0. The maximum atomic E-state index is 7.50. The van der Waals surface area contributed by atoms with Crippen molar-refractivity contribution in [3.05, 3.63) is 39.9 Å². The summed E-state index contributed by atoms with van der Waals surface area (Å²) in [5.41, 5.74) is 0. The van der Waals surface area contributed by atoms with Gasteiger partial charge in [0.2, 0.25) is 16.7 Å². The van der Waals surface area contributed by atoms with Gasteiger partial charge in [-0.2, -0.15) is 28.0 Å². The molecule has 0 unspecified atom stereocenters. The number of hydrogen-bond donors (Lipinski definition) is 0. The Morgan fingerprint density at radius 2 is 0.371 bits per heavy atom. The number of nitrogens with zero attached hydrogens (tertiary/aromatic N) is 6. The van der Waals surface area contributed by atoms with Crippen LogP contribution in [0.4, 0.5) is 0 Å². The molecule has 204 valence electrons. The van der Waals surface area contributed by atoms with Crippen LogP contribution in [-0.4, -0.2) is 113 Å². The van der Waals surface area contributed by atoms with Gasteiger partial charge >= 0.3 is 67.8 Å². The minimum absolute atomic E-state index is 0. The predicted octanol–water partition coefficient (Wildman–Crippen LogP) is 1.03.